The molecule has 0 amide bonds. The number of nitrogens with zero attached hydrogens (tertiary/aromatic N) is 3. The topological polar surface area (TPSA) is 51.8 Å². The number of thiophene rings is 1. The van der Waals surface area contributed by atoms with Crippen molar-refractivity contribution in [1.82, 2.24) is 15.1 Å². The van der Waals surface area contributed by atoms with E-state index in [1.165, 1.54) is 16.5 Å². The second-order valence-electron chi connectivity index (χ2n) is 7.18. The lowest BCUT2D eigenvalue weighted by Gasteiger charge is -2.01. The molecular weight excluding hydrogens is 378 g/mol. The zero-order valence-corrected chi connectivity index (χ0v) is 17.2. The maximum absolute atomic E-state index is 5.62. The molecule has 0 unspecified atom stereocenters. The first-order valence-electron chi connectivity index (χ1n) is 9.47. The van der Waals surface area contributed by atoms with Crippen molar-refractivity contribution >= 4 is 21.6 Å². The fourth-order valence-corrected chi connectivity index (χ4v) is 4.92. The highest BCUT2D eigenvalue weighted by Gasteiger charge is 2.19. The Morgan fingerprint density at radius 1 is 0.793 bits per heavy atom. The van der Waals surface area contributed by atoms with Crippen molar-refractivity contribution in [2.24, 2.45) is 0 Å². The van der Waals surface area contributed by atoms with Crippen molar-refractivity contribution in [3.63, 3.8) is 0 Å². The molecule has 0 aliphatic rings. The van der Waals surface area contributed by atoms with Gasteiger partial charge in [-0.2, -0.15) is 4.98 Å². The second-order valence-corrected chi connectivity index (χ2v) is 8.18. The van der Waals surface area contributed by atoms with E-state index < -0.39 is 0 Å². The van der Waals surface area contributed by atoms with Gasteiger partial charge in [-0.25, -0.2) is 4.98 Å². The summed E-state index contributed by atoms with van der Waals surface area (Å²) in [4.78, 5) is 11.3. The minimum absolute atomic E-state index is 0.546. The minimum atomic E-state index is 0.546. The molecule has 0 atom stereocenters. The lowest BCUT2D eigenvalue weighted by Crippen LogP contribution is -1.85. The predicted octanol–water partition coefficient (Wildman–Crippen LogP) is 6.61. The Hall–Kier alpha value is -3.31. The van der Waals surface area contributed by atoms with Crippen LogP contribution >= 0.6 is 11.3 Å². The fourth-order valence-electron chi connectivity index (χ4n) is 3.70. The van der Waals surface area contributed by atoms with Gasteiger partial charge in [0, 0.05) is 16.6 Å². The molecule has 0 N–H and O–H groups in total. The van der Waals surface area contributed by atoms with Crippen LogP contribution in [-0.2, 0) is 0 Å². The lowest BCUT2D eigenvalue weighted by molar-refractivity contribution is 0.433. The molecule has 0 aliphatic heterocycles. The molecule has 142 valence electrons. The van der Waals surface area contributed by atoms with Gasteiger partial charge in [0.25, 0.3) is 5.89 Å². The highest BCUT2D eigenvalue weighted by Crippen LogP contribution is 2.38. The molecule has 29 heavy (non-hydrogen) atoms. The van der Waals surface area contributed by atoms with Gasteiger partial charge in [0.05, 0.1) is 4.88 Å². The summed E-state index contributed by atoms with van der Waals surface area (Å²) in [6.45, 7) is 6.23. The van der Waals surface area contributed by atoms with Crippen LogP contribution in [0.25, 0.3) is 43.5 Å². The van der Waals surface area contributed by atoms with Crippen molar-refractivity contribution < 1.29 is 4.52 Å². The normalized spacial score (nSPS) is 11.3. The van der Waals surface area contributed by atoms with Gasteiger partial charge in [0.1, 0.15) is 4.83 Å². The van der Waals surface area contributed by atoms with Gasteiger partial charge in [-0.15, -0.1) is 11.3 Å². The number of hydrogen-bond acceptors (Lipinski definition) is 5. The van der Waals surface area contributed by atoms with E-state index in [9.17, 15) is 0 Å². The summed E-state index contributed by atoms with van der Waals surface area (Å²) >= 11 is 1.61. The highest BCUT2D eigenvalue weighted by molar-refractivity contribution is 7.22. The Bertz CT molecular complexity index is 1320. The number of rotatable bonds is 3. The van der Waals surface area contributed by atoms with Crippen LogP contribution in [-0.4, -0.2) is 15.1 Å². The van der Waals surface area contributed by atoms with E-state index >= 15 is 0 Å². The van der Waals surface area contributed by atoms with Crippen molar-refractivity contribution in [3.05, 3.63) is 77.5 Å². The van der Waals surface area contributed by atoms with Crippen LogP contribution in [0.3, 0.4) is 0 Å². The molecule has 0 saturated heterocycles. The van der Waals surface area contributed by atoms with Crippen molar-refractivity contribution in [3.8, 4) is 33.3 Å². The van der Waals surface area contributed by atoms with E-state index in [0.717, 1.165) is 32.1 Å². The Kier molecular flexibility index (Phi) is 4.25. The molecule has 0 bridgehead atoms. The van der Waals surface area contributed by atoms with E-state index in [0.29, 0.717) is 11.7 Å². The van der Waals surface area contributed by atoms with Crippen LogP contribution in [0, 0.1) is 20.8 Å². The van der Waals surface area contributed by atoms with Crippen molar-refractivity contribution in [2.45, 2.75) is 20.8 Å². The van der Waals surface area contributed by atoms with Crippen LogP contribution in [0.4, 0.5) is 0 Å². The number of benzene rings is 2. The maximum Gasteiger partial charge on any atom is 0.268 e. The maximum atomic E-state index is 5.62. The Morgan fingerprint density at radius 2 is 1.48 bits per heavy atom. The third kappa shape index (κ3) is 3.13. The zero-order chi connectivity index (χ0) is 20.0. The van der Waals surface area contributed by atoms with Gasteiger partial charge >= 0.3 is 0 Å². The Balaban J connectivity index is 1.51. The van der Waals surface area contributed by atoms with Crippen LogP contribution in [0.5, 0.6) is 0 Å². The lowest BCUT2D eigenvalue weighted by atomic mass is 10.0. The SMILES string of the molecule is Cc1cc(C)c2c(C)c(-c3nc(-c4ccc(-c5ccccc5)cc4)no3)sc2n1. The van der Waals surface area contributed by atoms with Crippen molar-refractivity contribution in [1.29, 1.82) is 0 Å². The quantitative estimate of drug-likeness (QED) is 0.344. The second kappa shape index (κ2) is 6.94. The molecule has 0 radical (unpaired) electrons. The summed E-state index contributed by atoms with van der Waals surface area (Å²) in [6, 6.07) is 20.6. The number of hydrogen-bond donors (Lipinski definition) is 0. The molecule has 3 heterocycles. The average Bonchev–Trinajstić information content (AvgIpc) is 3.34. The fraction of sp³-hybridized carbons (Fsp3) is 0.125. The van der Waals surface area contributed by atoms with E-state index in [1.54, 1.807) is 11.3 Å². The first-order chi connectivity index (χ1) is 14.1. The summed E-state index contributed by atoms with van der Waals surface area (Å²) in [5, 5.41) is 5.40. The van der Waals surface area contributed by atoms with Gasteiger partial charge < -0.3 is 4.52 Å². The Labute approximate surface area is 172 Å². The first-order valence-corrected chi connectivity index (χ1v) is 10.3. The Morgan fingerprint density at radius 3 is 2.24 bits per heavy atom. The van der Waals surface area contributed by atoms with Gasteiger partial charge in [0.15, 0.2) is 0 Å². The van der Waals surface area contributed by atoms with Gasteiger partial charge in [-0.3, -0.25) is 0 Å². The largest absolute Gasteiger partial charge is 0.333 e. The molecular formula is C24H19N3OS. The molecule has 0 fully saturated rings. The molecule has 3 aromatic heterocycles. The van der Waals surface area contributed by atoms with Crippen molar-refractivity contribution in [2.75, 3.05) is 0 Å². The van der Waals surface area contributed by atoms with Gasteiger partial charge in [0.2, 0.25) is 5.82 Å². The summed E-state index contributed by atoms with van der Waals surface area (Å²) in [6.07, 6.45) is 0. The molecule has 4 nitrogen and oxygen atoms in total. The predicted molar refractivity (Wildman–Crippen MR) is 118 cm³/mol. The highest BCUT2D eigenvalue weighted by atomic mass is 32.1. The third-order valence-corrected chi connectivity index (χ3v) is 6.27. The zero-order valence-electron chi connectivity index (χ0n) is 16.4. The smallest absolute Gasteiger partial charge is 0.268 e. The van der Waals surface area contributed by atoms with Crippen LogP contribution in [0.2, 0.25) is 0 Å². The van der Waals surface area contributed by atoms with Gasteiger partial charge in [-0.05, 0) is 49.1 Å². The van der Waals surface area contributed by atoms with Crippen LogP contribution in [0.15, 0.2) is 65.2 Å². The first kappa shape index (κ1) is 17.8. The molecule has 0 spiro atoms. The monoisotopic (exact) mass is 397 g/mol. The van der Waals surface area contributed by atoms with E-state index in [2.05, 4.69) is 59.3 Å². The number of pyridine rings is 1. The molecule has 2 aromatic carbocycles. The summed E-state index contributed by atoms with van der Waals surface area (Å²) in [7, 11) is 0. The van der Waals surface area contributed by atoms with Gasteiger partial charge in [-0.1, -0.05) is 59.8 Å². The molecule has 5 aromatic rings. The minimum Gasteiger partial charge on any atom is -0.333 e. The summed E-state index contributed by atoms with van der Waals surface area (Å²) in [5.74, 6) is 1.14. The van der Waals surface area contributed by atoms with E-state index in [-0.39, 0.29) is 0 Å². The van der Waals surface area contributed by atoms with E-state index in [1.807, 2.05) is 37.3 Å². The van der Waals surface area contributed by atoms with E-state index in [4.69, 9.17) is 4.52 Å². The molecule has 0 saturated carbocycles. The molecule has 0 aliphatic carbocycles. The number of aryl methyl sites for hydroxylation is 3. The standard InChI is InChI=1S/C24H19N3OS/c1-14-13-15(2)25-24-20(14)16(3)21(29-24)23-26-22(27-28-23)19-11-9-18(10-12-19)17-7-5-4-6-8-17/h4-13H,1-3H3. The molecule has 5 rings (SSSR count). The average molecular weight is 398 g/mol. The van der Waals surface area contributed by atoms with Crippen LogP contribution < -0.4 is 0 Å². The van der Waals surface area contributed by atoms with Crippen LogP contribution in [0.1, 0.15) is 16.8 Å². The number of fused-ring (bicyclic) bond motifs is 1. The summed E-state index contributed by atoms with van der Waals surface area (Å²) in [5.41, 5.74) is 6.67. The third-order valence-electron chi connectivity index (χ3n) is 5.10. The molecule has 5 heteroatoms. The summed E-state index contributed by atoms with van der Waals surface area (Å²) < 4.78 is 5.62. The number of aromatic nitrogens is 3.